The molecule has 2 aromatic heterocycles. The summed E-state index contributed by atoms with van der Waals surface area (Å²) in [4.78, 5) is 4.82. The predicted octanol–water partition coefficient (Wildman–Crippen LogP) is 3.68. The van der Waals surface area contributed by atoms with Crippen molar-refractivity contribution in [2.24, 2.45) is 0 Å². The maximum atomic E-state index is 9.84. The molecule has 0 amide bonds. The van der Waals surface area contributed by atoms with Crippen LogP contribution in [-0.2, 0) is 11.3 Å². The molecule has 0 aliphatic heterocycles. The van der Waals surface area contributed by atoms with Crippen LogP contribution in [0.4, 0.5) is 0 Å². The van der Waals surface area contributed by atoms with Crippen molar-refractivity contribution in [3.05, 3.63) is 39.8 Å². The van der Waals surface area contributed by atoms with Gasteiger partial charge in [-0.15, -0.1) is 5.10 Å². The third-order valence-electron chi connectivity index (χ3n) is 4.09. The third-order valence-corrected chi connectivity index (χ3v) is 6.61. The summed E-state index contributed by atoms with van der Waals surface area (Å²) in [6, 6.07) is 5.27. The van der Waals surface area contributed by atoms with Gasteiger partial charge in [0.1, 0.15) is 22.9 Å². The molecule has 3 atom stereocenters. The molecule has 12 heteroatoms. The quantitative estimate of drug-likeness (QED) is 0.291. The topological polar surface area (TPSA) is 114 Å². The normalized spacial score (nSPS) is 14.6. The number of aryl methyl sites for hydroxylation is 1. The lowest BCUT2D eigenvalue weighted by Gasteiger charge is -2.25. The molecule has 8 nitrogen and oxygen atoms in total. The Bertz CT molecular complexity index is 969. The number of thioether (sulfide) groups is 1. The molecule has 3 rings (SSSR count). The van der Waals surface area contributed by atoms with Crippen LogP contribution in [0, 0.1) is 0 Å². The van der Waals surface area contributed by atoms with E-state index in [9.17, 15) is 15.3 Å². The standard InChI is InChI=1S/C18H20Cl2N4O4S2/c1-10(26)16(8-25)28-17(30-11-2-3-12(19)13(20)6-11)4-5-24-7-14(22-23-24)15-9-29-18(27)21-15/h2-3,6-7,9-10,16-17,25-26H,4-5,8H2,1H3,(H,21,27)/t10-,16?,17-/m1/s1. The molecule has 0 aliphatic carbocycles. The molecule has 0 aliphatic rings. The van der Waals surface area contributed by atoms with Crippen molar-refractivity contribution < 1.29 is 20.1 Å². The Hall–Kier alpha value is -1.40. The van der Waals surface area contributed by atoms with Crippen molar-refractivity contribution in [3.8, 4) is 16.6 Å². The van der Waals surface area contributed by atoms with E-state index in [0.29, 0.717) is 34.4 Å². The third kappa shape index (κ3) is 6.30. The summed E-state index contributed by atoms with van der Waals surface area (Å²) in [6.45, 7) is 1.73. The van der Waals surface area contributed by atoms with Crippen LogP contribution in [0.2, 0.25) is 10.0 Å². The summed E-state index contributed by atoms with van der Waals surface area (Å²) >= 11 is 14.6. The molecule has 0 spiro atoms. The first-order valence-corrected chi connectivity index (χ1v) is 11.5. The number of hydrogen-bond acceptors (Lipinski definition) is 9. The zero-order chi connectivity index (χ0) is 21.7. The van der Waals surface area contributed by atoms with Crippen LogP contribution in [-0.4, -0.2) is 59.5 Å². The Labute approximate surface area is 191 Å². The van der Waals surface area contributed by atoms with Crippen molar-refractivity contribution in [2.75, 3.05) is 6.61 Å². The Morgan fingerprint density at radius 2 is 2.07 bits per heavy atom. The lowest BCUT2D eigenvalue weighted by Crippen LogP contribution is -2.33. The number of aromatic nitrogens is 4. The Balaban J connectivity index is 1.69. The fraction of sp³-hybridized carbons (Fsp3) is 0.389. The monoisotopic (exact) mass is 490 g/mol. The SMILES string of the molecule is C[C@@H](O)C(CO)O[C@@H](CCn1cc(-c2csc(O)n2)nn1)Sc1ccc(Cl)c(Cl)c1. The Morgan fingerprint density at radius 3 is 2.70 bits per heavy atom. The molecule has 2 heterocycles. The van der Waals surface area contributed by atoms with Gasteiger partial charge in [-0.25, -0.2) is 4.98 Å². The second-order valence-corrected chi connectivity index (χ2v) is 9.28. The molecule has 0 fully saturated rings. The highest BCUT2D eigenvalue weighted by atomic mass is 35.5. The number of aliphatic hydroxyl groups is 2. The summed E-state index contributed by atoms with van der Waals surface area (Å²) in [5.74, 6) is 0. The van der Waals surface area contributed by atoms with Crippen LogP contribution < -0.4 is 0 Å². The molecule has 1 unspecified atom stereocenters. The van der Waals surface area contributed by atoms with E-state index in [2.05, 4.69) is 15.3 Å². The van der Waals surface area contributed by atoms with Crippen molar-refractivity contribution in [1.82, 2.24) is 20.0 Å². The van der Waals surface area contributed by atoms with E-state index in [4.69, 9.17) is 27.9 Å². The van der Waals surface area contributed by atoms with Gasteiger partial charge < -0.3 is 20.1 Å². The minimum atomic E-state index is -0.831. The van der Waals surface area contributed by atoms with Crippen LogP contribution in [0.15, 0.2) is 34.7 Å². The first-order chi connectivity index (χ1) is 14.4. The van der Waals surface area contributed by atoms with Crippen LogP contribution in [0.5, 0.6) is 5.19 Å². The van der Waals surface area contributed by atoms with Gasteiger partial charge in [0, 0.05) is 23.2 Å². The number of halogens is 2. The summed E-state index contributed by atoms with van der Waals surface area (Å²) < 4.78 is 7.58. The molecular weight excluding hydrogens is 471 g/mol. The molecular formula is C18H20Cl2N4O4S2. The number of thiazole rings is 1. The van der Waals surface area contributed by atoms with Crippen molar-refractivity contribution >= 4 is 46.3 Å². The molecule has 0 saturated heterocycles. The number of aromatic hydroxyl groups is 1. The van der Waals surface area contributed by atoms with E-state index >= 15 is 0 Å². The van der Waals surface area contributed by atoms with E-state index in [1.165, 1.54) is 11.8 Å². The number of rotatable bonds is 10. The van der Waals surface area contributed by atoms with Gasteiger partial charge in [0.05, 0.1) is 29.0 Å². The molecule has 0 bridgehead atoms. The van der Waals surface area contributed by atoms with Gasteiger partial charge in [-0.1, -0.05) is 51.5 Å². The average molecular weight is 491 g/mol. The van der Waals surface area contributed by atoms with Crippen LogP contribution in [0.1, 0.15) is 13.3 Å². The zero-order valence-electron chi connectivity index (χ0n) is 15.9. The lowest BCUT2D eigenvalue weighted by atomic mass is 10.2. The molecule has 162 valence electrons. The molecule has 1 aromatic carbocycles. The highest BCUT2D eigenvalue weighted by molar-refractivity contribution is 7.99. The highest BCUT2D eigenvalue weighted by Crippen LogP contribution is 2.33. The Kier molecular flexibility index (Phi) is 8.35. The van der Waals surface area contributed by atoms with Gasteiger partial charge in [0.15, 0.2) is 0 Å². The van der Waals surface area contributed by atoms with Crippen LogP contribution in [0.25, 0.3) is 11.4 Å². The van der Waals surface area contributed by atoms with E-state index in [-0.39, 0.29) is 11.8 Å². The van der Waals surface area contributed by atoms with Gasteiger partial charge in [0.25, 0.3) is 5.19 Å². The van der Waals surface area contributed by atoms with Gasteiger partial charge >= 0.3 is 0 Å². The number of aliphatic hydroxyl groups excluding tert-OH is 2. The molecule has 30 heavy (non-hydrogen) atoms. The summed E-state index contributed by atoms with van der Waals surface area (Å²) in [5, 5.41) is 39.5. The van der Waals surface area contributed by atoms with Gasteiger partial charge in [-0.2, -0.15) is 0 Å². The lowest BCUT2D eigenvalue weighted by molar-refractivity contribution is -0.0683. The van der Waals surface area contributed by atoms with Crippen molar-refractivity contribution in [1.29, 1.82) is 0 Å². The van der Waals surface area contributed by atoms with Crippen LogP contribution >= 0.6 is 46.3 Å². The summed E-state index contributed by atoms with van der Waals surface area (Å²) in [7, 11) is 0. The predicted molar refractivity (Wildman–Crippen MR) is 117 cm³/mol. The van der Waals surface area contributed by atoms with Gasteiger partial charge in [-0.3, -0.25) is 4.68 Å². The minimum absolute atomic E-state index is 0.0285. The zero-order valence-corrected chi connectivity index (χ0v) is 19.0. The number of hydrogen-bond donors (Lipinski definition) is 3. The minimum Gasteiger partial charge on any atom is -0.486 e. The maximum Gasteiger partial charge on any atom is 0.271 e. The first kappa shape index (κ1) is 23.3. The summed E-state index contributed by atoms with van der Waals surface area (Å²) in [6.07, 6.45) is 0.684. The molecule has 3 aromatic rings. The highest BCUT2D eigenvalue weighted by Gasteiger charge is 2.22. The fourth-order valence-corrected chi connectivity index (χ4v) is 4.47. The first-order valence-electron chi connectivity index (χ1n) is 8.96. The second kappa shape index (κ2) is 10.8. The van der Waals surface area contributed by atoms with E-state index in [1.807, 2.05) is 6.07 Å². The van der Waals surface area contributed by atoms with E-state index in [1.54, 1.807) is 35.3 Å². The number of benzene rings is 1. The molecule has 3 N–H and O–H groups in total. The number of nitrogens with zero attached hydrogens (tertiary/aromatic N) is 4. The number of ether oxygens (including phenoxy) is 1. The average Bonchev–Trinajstić information content (AvgIpc) is 3.35. The van der Waals surface area contributed by atoms with E-state index < -0.39 is 17.6 Å². The van der Waals surface area contributed by atoms with Crippen LogP contribution in [0.3, 0.4) is 0 Å². The van der Waals surface area contributed by atoms with Crippen molar-refractivity contribution in [3.63, 3.8) is 0 Å². The smallest absolute Gasteiger partial charge is 0.271 e. The Morgan fingerprint density at radius 1 is 1.27 bits per heavy atom. The van der Waals surface area contributed by atoms with E-state index in [0.717, 1.165) is 16.2 Å². The van der Waals surface area contributed by atoms with Crippen molar-refractivity contribution in [2.45, 2.75) is 42.4 Å². The fourth-order valence-electron chi connectivity index (χ4n) is 2.51. The largest absolute Gasteiger partial charge is 0.486 e. The molecule has 0 radical (unpaired) electrons. The molecule has 0 saturated carbocycles. The maximum absolute atomic E-state index is 9.84. The summed E-state index contributed by atoms with van der Waals surface area (Å²) in [5.41, 5.74) is 0.708. The second-order valence-electron chi connectivity index (χ2n) is 6.39. The van der Waals surface area contributed by atoms with Gasteiger partial charge in [0.2, 0.25) is 0 Å². The van der Waals surface area contributed by atoms with Gasteiger partial charge in [-0.05, 0) is 25.1 Å².